The Hall–Kier alpha value is -1.84. The second-order valence-corrected chi connectivity index (χ2v) is 2.05. The molecule has 0 saturated carbocycles. The molecule has 0 fully saturated rings. The Morgan fingerprint density at radius 1 is 1.38 bits per heavy atom. The van der Waals surface area contributed by atoms with E-state index in [2.05, 4.69) is 5.32 Å². The summed E-state index contributed by atoms with van der Waals surface area (Å²) in [5, 5.41) is 9.43. The summed E-state index contributed by atoms with van der Waals surface area (Å²) in [5.41, 5.74) is 0.699. The number of amides is 1. The zero-order valence-electron chi connectivity index (χ0n) is 7.23. The first kappa shape index (κ1) is 11.2. The van der Waals surface area contributed by atoms with Gasteiger partial charge in [-0.15, -0.1) is 0 Å². The molecule has 0 aliphatic carbocycles. The second-order valence-electron chi connectivity index (χ2n) is 2.05. The number of carbonyl (C=O) groups is 2. The first-order valence-electron chi connectivity index (χ1n) is 3.61. The molecule has 0 aliphatic rings. The number of hydrogen-bond donors (Lipinski definition) is 2. The second kappa shape index (κ2) is 6.84. The van der Waals surface area contributed by atoms with Gasteiger partial charge in [0.15, 0.2) is 0 Å². The van der Waals surface area contributed by atoms with Gasteiger partial charge in [0, 0.05) is 12.6 Å². The molecule has 0 bridgehead atoms. The van der Waals surface area contributed by atoms with Gasteiger partial charge in [0.25, 0.3) is 12.4 Å². The van der Waals surface area contributed by atoms with Crippen molar-refractivity contribution < 1.29 is 14.7 Å². The van der Waals surface area contributed by atoms with Gasteiger partial charge >= 0.3 is 0 Å². The maximum Gasteiger partial charge on any atom is 0.290 e. The Kier molecular flexibility index (Phi) is 5.88. The average molecular weight is 181 g/mol. The highest BCUT2D eigenvalue weighted by Gasteiger charge is 1.97. The fourth-order valence-corrected chi connectivity index (χ4v) is 0.734. The smallest absolute Gasteiger partial charge is 0.290 e. The van der Waals surface area contributed by atoms with Crippen LogP contribution in [-0.2, 0) is 4.79 Å². The summed E-state index contributed by atoms with van der Waals surface area (Å²) in [6.07, 6.45) is 0. The highest BCUT2D eigenvalue weighted by molar-refractivity contribution is 5.93. The van der Waals surface area contributed by atoms with Gasteiger partial charge in [-0.05, 0) is 12.1 Å². The van der Waals surface area contributed by atoms with Crippen LogP contribution < -0.4 is 5.32 Å². The number of rotatable bonds is 1. The summed E-state index contributed by atoms with van der Waals surface area (Å²) in [5.74, 6) is -0.0411. The molecule has 1 amide bonds. The fraction of sp³-hybridized carbons (Fsp3) is 0.111. The van der Waals surface area contributed by atoms with Gasteiger partial charge < -0.3 is 10.4 Å². The number of benzene rings is 1. The molecule has 0 heterocycles. The number of nitrogens with one attached hydrogen (secondary N) is 1. The zero-order valence-corrected chi connectivity index (χ0v) is 7.23. The van der Waals surface area contributed by atoms with Gasteiger partial charge in [-0.1, -0.05) is 18.2 Å². The van der Waals surface area contributed by atoms with Gasteiger partial charge in [0.1, 0.15) is 0 Å². The third-order valence-corrected chi connectivity index (χ3v) is 1.26. The van der Waals surface area contributed by atoms with E-state index in [9.17, 15) is 4.79 Å². The van der Waals surface area contributed by atoms with Crippen LogP contribution >= 0.6 is 0 Å². The van der Waals surface area contributed by atoms with Gasteiger partial charge in [0.2, 0.25) is 0 Å². The van der Waals surface area contributed by atoms with Crippen molar-refractivity contribution in [2.75, 3.05) is 7.05 Å². The lowest BCUT2D eigenvalue weighted by Crippen LogP contribution is -2.17. The third kappa shape index (κ3) is 4.58. The summed E-state index contributed by atoms with van der Waals surface area (Å²) >= 11 is 0. The first-order chi connectivity index (χ1) is 6.26. The van der Waals surface area contributed by atoms with E-state index in [4.69, 9.17) is 9.90 Å². The molecule has 0 radical (unpaired) electrons. The number of hydrogen-bond acceptors (Lipinski definition) is 2. The lowest BCUT2D eigenvalue weighted by molar-refractivity contribution is -0.122. The molecule has 1 aromatic carbocycles. The van der Waals surface area contributed by atoms with Crippen LogP contribution in [0.1, 0.15) is 10.4 Å². The molecule has 0 atom stereocenters. The van der Waals surface area contributed by atoms with Crippen molar-refractivity contribution in [2.45, 2.75) is 0 Å². The Labute approximate surface area is 76.2 Å². The summed E-state index contributed by atoms with van der Waals surface area (Å²) in [6, 6.07) is 9.11. The Morgan fingerprint density at radius 3 is 2.23 bits per heavy atom. The van der Waals surface area contributed by atoms with Crippen LogP contribution in [-0.4, -0.2) is 24.5 Å². The van der Waals surface area contributed by atoms with Crippen LogP contribution in [0.15, 0.2) is 30.3 Å². The largest absolute Gasteiger partial charge is 0.483 e. The molecule has 70 valence electrons. The van der Waals surface area contributed by atoms with Crippen molar-refractivity contribution in [1.29, 1.82) is 0 Å². The maximum absolute atomic E-state index is 10.9. The van der Waals surface area contributed by atoms with Crippen molar-refractivity contribution in [3.05, 3.63) is 35.9 Å². The molecule has 0 unspecified atom stereocenters. The van der Waals surface area contributed by atoms with Crippen LogP contribution in [0.3, 0.4) is 0 Å². The minimum absolute atomic E-state index is 0.0411. The minimum Gasteiger partial charge on any atom is -0.483 e. The average Bonchev–Trinajstić information content (AvgIpc) is 2.19. The molecule has 1 aromatic rings. The van der Waals surface area contributed by atoms with E-state index < -0.39 is 0 Å². The molecule has 1 rings (SSSR count). The normalized spacial score (nSPS) is 7.77. The van der Waals surface area contributed by atoms with Gasteiger partial charge in [-0.3, -0.25) is 9.59 Å². The molecule has 13 heavy (non-hydrogen) atoms. The van der Waals surface area contributed by atoms with Crippen LogP contribution in [0.2, 0.25) is 0 Å². The first-order valence-corrected chi connectivity index (χ1v) is 3.61. The lowest BCUT2D eigenvalue weighted by atomic mass is 10.2. The van der Waals surface area contributed by atoms with E-state index in [1.54, 1.807) is 19.2 Å². The van der Waals surface area contributed by atoms with Crippen molar-refractivity contribution >= 4 is 12.4 Å². The van der Waals surface area contributed by atoms with Gasteiger partial charge in [-0.25, -0.2) is 0 Å². The molecule has 0 aliphatic heterocycles. The highest BCUT2D eigenvalue weighted by Crippen LogP contribution is 1.96. The molecule has 4 heteroatoms. The van der Waals surface area contributed by atoms with Crippen molar-refractivity contribution in [3.8, 4) is 0 Å². The summed E-state index contributed by atoms with van der Waals surface area (Å²) < 4.78 is 0. The summed E-state index contributed by atoms with van der Waals surface area (Å²) in [7, 11) is 1.62. The molecule has 0 saturated heterocycles. The molecule has 4 nitrogen and oxygen atoms in total. The predicted molar refractivity (Wildman–Crippen MR) is 48.5 cm³/mol. The summed E-state index contributed by atoms with van der Waals surface area (Å²) in [4.78, 5) is 19.3. The topological polar surface area (TPSA) is 66.4 Å². The van der Waals surface area contributed by atoms with Gasteiger partial charge in [-0.2, -0.15) is 0 Å². The minimum atomic E-state index is -0.250. The molecule has 2 N–H and O–H groups in total. The van der Waals surface area contributed by atoms with E-state index >= 15 is 0 Å². The van der Waals surface area contributed by atoms with E-state index in [-0.39, 0.29) is 12.4 Å². The van der Waals surface area contributed by atoms with Crippen molar-refractivity contribution in [1.82, 2.24) is 5.32 Å². The standard InChI is InChI=1S/C8H9NO.CH2O2/c1-9-8(10)7-5-3-2-4-6-7;2-1-3/h2-6H,1H3,(H,9,10);1H,(H,2,3). The highest BCUT2D eigenvalue weighted by atomic mass is 16.3. The lowest BCUT2D eigenvalue weighted by Gasteiger charge is -1.96. The Bertz CT molecular complexity index is 259. The van der Waals surface area contributed by atoms with Crippen LogP contribution in [0.5, 0.6) is 0 Å². The van der Waals surface area contributed by atoms with Crippen LogP contribution in [0, 0.1) is 0 Å². The Balaban J connectivity index is 0.000000424. The van der Waals surface area contributed by atoms with Crippen LogP contribution in [0.25, 0.3) is 0 Å². The van der Waals surface area contributed by atoms with Gasteiger partial charge in [0.05, 0.1) is 0 Å². The van der Waals surface area contributed by atoms with Crippen molar-refractivity contribution in [2.24, 2.45) is 0 Å². The van der Waals surface area contributed by atoms with Crippen LogP contribution in [0.4, 0.5) is 0 Å². The third-order valence-electron chi connectivity index (χ3n) is 1.26. The van der Waals surface area contributed by atoms with Crippen molar-refractivity contribution in [3.63, 3.8) is 0 Å². The number of carboxylic acid groups (broad SMARTS) is 1. The summed E-state index contributed by atoms with van der Waals surface area (Å²) in [6.45, 7) is -0.250. The number of carbonyl (C=O) groups excluding carboxylic acids is 1. The fourth-order valence-electron chi connectivity index (χ4n) is 0.734. The molecular formula is C9H11NO3. The van der Waals surface area contributed by atoms with E-state index in [1.165, 1.54) is 0 Å². The van der Waals surface area contributed by atoms with E-state index in [1.807, 2.05) is 18.2 Å². The molecule has 0 spiro atoms. The maximum atomic E-state index is 10.9. The zero-order chi connectivity index (χ0) is 10.1. The molecular weight excluding hydrogens is 170 g/mol. The quantitative estimate of drug-likeness (QED) is 0.628. The molecule has 0 aromatic heterocycles. The van der Waals surface area contributed by atoms with E-state index in [0.29, 0.717) is 5.56 Å². The predicted octanol–water partition coefficient (Wildman–Crippen LogP) is 0.747. The monoisotopic (exact) mass is 181 g/mol. The SMILES string of the molecule is CNC(=O)c1ccccc1.O=CO. The van der Waals surface area contributed by atoms with E-state index in [0.717, 1.165) is 0 Å². The Morgan fingerprint density at radius 2 is 1.85 bits per heavy atom.